The predicted molar refractivity (Wildman–Crippen MR) is 106 cm³/mol. The van der Waals surface area contributed by atoms with Gasteiger partial charge in [0.1, 0.15) is 23.3 Å². The quantitative estimate of drug-likeness (QED) is 0.288. The maximum atomic E-state index is 14.4. The summed E-state index contributed by atoms with van der Waals surface area (Å²) < 4.78 is 56.2. The molecule has 1 aliphatic rings. The van der Waals surface area contributed by atoms with Crippen molar-refractivity contribution in [2.24, 2.45) is 11.8 Å². The molecular weight excluding hydrogens is 380 g/mol. The molecule has 0 aromatic heterocycles. The Balaban J connectivity index is 1.71. The molecule has 0 saturated heterocycles. The van der Waals surface area contributed by atoms with E-state index in [1.807, 2.05) is 0 Å². The third-order valence-corrected chi connectivity index (χ3v) is 5.78. The molecule has 5 heteroatoms. The Bertz CT molecular complexity index is 865. The molecule has 1 nitrogen and oxygen atoms in total. The van der Waals surface area contributed by atoms with Crippen LogP contribution in [-0.2, 0) is 6.42 Å². The van der Waals surface area contributed by atoms with Gasteiger partial charge in [0.15, 0.2) is 6.29 Å². The summed E-state index contributed by atoms with van der Waals surface area (Å²) in [5, 5.41) is 0. The molecule has 0 amide bonds. The summed E-state index contributed by atoms with van der Waals surface area (Å²) in [6.07, 6.45) is 8.76. The molecule has 1 fully saturated rings. The number of hydrogen-bond acceptors (Lipinski definition) is 1. The van der Waals surface area contributed by atoms with Crippen molar-refractivity contribution in [3.05, 3.63) is 69.8 Å². The molecule has 0 radical (unpaired) electrons. The minimum absolute atomic E-state index is 0.0694. The summed E-state index contributed by atoms with van der Waals surface area (Å²) in [6.45, 7) is 2.26. The van der Waals surface area contributed by atoms with E-state index in [1.165, 1.54) is 43.9 Å². The smallest absolute Gasteiger partial charge is 0.155 e. The van der Waals surface area contributed by atoms with Crippen molar-refractivity contribution in [1.29, 1.82) is 0 Å². The zero-order valence-electron chi connectivity index (χ0n) is 16.4. The SMILES string of the molecule is CC1CCC(CCc2cc(F)c(/C=C/c3cc(F)c(C=O)c(F)c3)c(F)c2)CC1. The Labute approximate surface area is 168 Å². The first-order valence-electron chi connectivity index (χ1n) is 9.97. The highest BCUT2D eigenvalue weighted by molar-refractivity contribution is 5.78. The second-order valence-corrected chi connectivity index (χ2v) is 7.99. The molecule has 0 unspecified atom stereocenters. The van der Waals surface area contributed by atoms with Crippen LogP contribution >= 0.6 is 0 Å². The van der Waals surface area contributed by atoms with Gasteiger partial charge in [0.05, 0.1) is 5.56 Å². The van der Waals surface area contributed by atoms with E-state index in [1.54, 1.807) is 0 Å². The van der Waals surface area contributed by atoms with Gasteiger partial charge < -0.3 is 0 Å². The van der Waals surface area contributed by atoms with Gasteiger partial charge in [-0.25, -0.2) is 17.6 Å². The molecule has 1 aliphatic carbocycles. The van der Waals surface area contributed by atoms with E-state index in [0.29, 0.717) is 17.9 Å². The molecule has 0 heterocycles. The van der Waals surface area contributed by atoms with Gasteiger partial charge in [-0.1, -0.05) is 38.7 Å². The van der Waals surface area contributed by atoms with E-state index < -0.39 is 28.8 Å². The number of aryl methyl sites for hydroxylation is 1. The van der Waals surface area contributed by atoms with Crippen LogP contribution in [0.4, 0.5) is 17.6 Å². The van der Waals surface area contributed by atoms with E-state index in [-0.39, 0.29) is 17.4 Å². The molecule has 154 valence electrons. The second kappa shape index (κ2) is 9.38. The first kappa shape index (κ1) is 21.3. The normalized spacial score (nSPS) is 19.6. The minimum Gasteiger partial charge on any atom is -0.298 e. The van der Waals surface area contributed by atoms with Crippen LogP contribution < -0.4 is 0 Å². The summed E-state index contributed by atoms with van der Waals surface area (Å²) in [5.41, 5.74) is -0.250. The van der Waals surface area contributed by atoms with Crippen LogP contribution in [0.25, 0.3) is 12.2 Å². The Morgan fingerprint density at radius 2 is 1.38 bits per heavy atom. The van der Waals surface area contributed by atoms with Gasteiger partial charge in [-0.2, -0.15) is 0 Å². The van der Waals surface area contributed by atoms with Crippen LogP contribution in [0.3, 0.4) is 0 Å². The van der Waals surface area contributed by atoms with Crippen molar-refractivity contribution >= 4 is 18.4 Å². The Morgan fingerprint density at radius 3 is 1.93 bits per heavy atom. The van der Waals surface area contributed by atoms with E-state index in [4.69, 9.17) is 0 Å². The minimum atomic E-state index is -1.02. The number of aldehydes is 1. The lowest BCUT2D eigenvalue weighted by atomic mass is 9.80. The summed E-state index contributed by atoms with van der Waals surface area (Å²) >= 11 is 0. The van der Waals surface area contributed by atoms with E-state index in [0.717, 1.165) is 30.5 Å². The van der Waals surface area contributed by atoms with Crippen molar-refractivity contribution in [2.45, 2.75) is 45.4 Å². The first-order chi connectivity index (χ1) is 13.9. The van der Waals surface area contributed by atoms with Crippen LogP contribution in [0, 0.1) is 35.1 Å². The third-order valence-electron chi connectivity index (χ3n) is 5.78. The lowest BCUT2D eigenvalue weighted by molar-refractivity contribution is 0.111. The lowest BCUT2D eigenvalue weighted by Gasteiger charge is -2.26. The number of carbonyl (C=O) groups excluding carboxylic acids is 1. The van der Waals surface area contributed by atoms with Crippen LogP contribution in [0.2, 0.25) is 0 Å². The zero-order chi connectivity index (χ0) is 21.0. The van der Waals surface area contributed by atoms with E-state index in [2.05, 4.69) is 6.92 Å². The molecule has 0 bridgehead atoms. The Morgan fingerprint density at radius 1 is 0.828 bits per heavy atom. The van der Waals surface area contributed by atoms with Crippen LogP contribution in [0.5, 0.6) is 0 Å². The van der Waals surface area contributed by atoms with Gasteiger partial charge in [-0.05, 0) is 66.1 Å². The average molecular weight is 404 g/mol. The zero-order valence-corrected chi connectivity index (χ0v) is 16.4. The maximum absolute atomic E-state index is 14.4. The van der Waals surface area contributed by atoms with Crippen LogP contribution in [-0.4, -0.2) is 6.29 Å². The fourth-order valence-corrected chi connectivity index (χ4v) is 3.92. The number of hydrogen-bond donors (Lipinski definition) is 0. The molecule has 0 atom stereocenters. The molecule has 2 aromatic rings. The van der Waals surface area contributed by atoms with Crippen molar-refractivity contribution in [1.82, 2.24) is 0 Å². The molecule has 0 spiro atoms. The fourth-order valence-electron chi connectivity index (χ4n) is 3.92. The summed E-state index contributed by atoms with van der Waals surface area (Å²) in [4.78, 5) is 10.6. The molecule has 29 heavy (non-hydrogen) atoms. The molecule has 0 N–H and O–H groups in total. The number of rotatable bonds is 6. The number of benzene rings is 2. The van der Waals surface area contributed by atoms with Crippen molar-refractivity contribution in [3.63, 3.8) is 0 Å². The highest BCUT2D eigenvalue weighted by atomic mass is 19.1. The van der Waals surface area contributed by atoms with Crippen molar-refractivity contribution < 1.29 is 22.4 Å². The molecule has 0 aliphatic heterocycles. The van der Waals surface area contributed by atoms with Gasteiger partial charge in [-0.15, -0.1) is 0 Å². The van der Waals surface area contributed by atoms with Crippen LogP contribution in [0.1, 0.15) is 66.1 Å². The summed E-state index contributed by atoms with van der Waals surface area (Å²) in [6, 6.07) is 4.53. The molecule has 3 rings (SSSR count). The highest BCUT2D eigenvalue weighted by Gasteiger charge is 2.18. The summed E-state index contributed by atoms with van der Waals surface area (Å²) in [5.74, 6) is -2.08. The average Bonchev–Trinajstić information content (AvgIpc) is 2.67. The van der Waals surface area contributed by atoms with Gasteiger partial charge >= 0.3 is 0 Å². The van der Waals surface area contributed by atoms with E-state index >= 15 is 0 Å². The highest BCUT2D eigenvalue weighted by Crippen LogP contribution is 2.31. The van der Waals surface area contributed by atoms with Crippen molar-refractivity contribution in [3.8, 4) is 0 Å². The van der Waals surface area contributed by atoms with Gasteiger partial charge in [0.2, 0.25) is 0 Å². The molecule has 2 aromatic carbocycles. The Kier molecular flexibility index (Phi) is 6.88. The Hall–Kier alpha value is -2.43. The standard InChI is InChI=1S/C24H24F4O/c1-15-2-4-16(5-3-15)6-7-17-10-21(25)19(22(26)11-17)9-8-18-12-23(27)20(14-29)24(28)13-18/h8-16H,2-7H2,1H3/b9-8+. The monoisotopic (exact) mass is 404 g/mol. The number of halogens is 4. The number of carbonyl (C=O) groups is 1. The molecular formula is C24H24F4O. The molecule has 1 saturated carbocycles. The summed E-state index contributed by atoms with van der Waals surface area (Å²) in [7, 11) is 0. The predicted octanol–water partition coefficient (Wildman–Crippen LogP) is 6.98. The lowest BCUT2D eigenvalue weighted by Crippen LogP contribution is -2.13. The van der Waals surface area contributed by atoms with Crippen LogP contribution in [0.15, 0.2) is 24.3 Å². The third kappa shape index (κ3) is 5.34. The van der Waals surface area contributed by atoms with Gasteiger partial charge in [-0.3, -0.25) is 4.79 Å². The fraction of sp³-hybridized carbons (Fsp3) is 0.375. The second-order valence-electron chi connectivity index (χ2n) is 7.99. The topological polar surface area (TPSA) is 17.1 Å². The largest absolute Gasteiger partial charge is 0.298 e. The van der Waals surface area contributed by atoms with Crippen molar-refractivity contribution in [2.75, 3.05) is 0 Å². The maximum Gasteiger partial charge on any atom is 0.155 e. The van der Waals surface area contributed by atoms with Gasteiger partial charge in [0, 0.05) is 5.56 Å². The first-order valence-corrected chi connectivity index (χ1v) is 9.97. The van der Waals surface area contributed by atoms with E-state index in [9.17, 15) is 22.4 Å². The van der Waals surface area contributed by atoms with Gasteiger partial charge in [0.25, 0.3) is 0 Å².